The smallest absolute Gasteiger partial charge is 0.175 e. The van der Waals surface area contributed by atoms with Crippen LogP contribution in [0.3, 0.4) is 0 Å². The van der Waals surface area contributed by atoms with Crippen LogP contribution in [0.1, 0.15) is 5.56 Å². The molecule has 2 rings (SSSR count). The number of nitriles is 1. The average molecular weight is 248 g/mol. The van der Waals surface area contributed by atoms with E-state index in [-0.39, 0.29) is 0 Å². The number of aromatic amines is 1. The summed E-state index contributed by atoms with van der Waals surface area (Å²) in [7, 11) is 0. The normalized spacial score (nSPS) is 11.6. The van der Waals surface area contributed by atoms with Gasteiger partial charge >= 0.3 is 0 Å². The average Bonchev–Trinajstić information content (AvgIpc) is 2.77. The van der Waals surface area contributed by atoms with Gasteiger partial charge in [0, 0.05) is 22.7 Å². The fraction of sp³-hybridized carbons (Fsp3) is 0.250. The molecule has 4 heteroatoms. The third-order valence-electron chi connectivity index (χ3n) is 2.67. The zero-order valence-electron chi connectivity index (χ0n) is 9.15. The lowest BCUT2D eigenvalue weighted by Crippen LogP contribution is -2.13. The maximum Gasteiger partial charge on any atom is 0.175 e. The third kappa shape index (κ3) is 1.60. The zero-order valence-corrected chi connectivity index (χ0v) is 10.8. The van der Waals surface area contributed by atoms with E-state index in [0.29, 0.717) is 0 Å². The molecule has 0 aliphatic heterocycles. The fourth-order valence-corrected chi connectivity index (χ4v) is 3.43. The third-order valence-corrected chi connectivity index (χ3v) is 5.44. The second kappa shape index (κ2) is 4.44. The molecular weight excluding hydrogens is 236 g/mol. The quantitative estimate of drug-likeness (QED) is 0.844. The molecule has 0 spiro atoms. The van der Waals surface area contributed by atoms with Crippen molar-refractivity contribution in [3.8, 4) is 6.07 Å². The highest BCUT2D eigenvalue weighted by Gasteiger charge is 2.32. The molecule has 0 unspecified atom stereocenters. The van der Waals surface area contributed by atoms with Gasteiger partial charge in [-0.1, -0.05) is 18.2 Å². The van der Waals surface area contributed by atoms with Crippen molar-refractivity contribution in [2.75, 3.05) is 12.5 Å². The molecule has 1 aromatic carbocycles. The molecule has 0 atom stereocenters. The molecule has 0 bridgehead atoms. The molecule has 0 aliphatic rings. The predicted octanol–water partition coefficient (Wildman–Crippen LogP) is 3.57. The van der Waals surface area contributed by atoms with Gasteiger partial charge in [-0.25, -0.2) is 0 Å². The summed E-state index contributed by atoms with van der Waals surface area (Å²) in [4.78, 5) is 3.22. The van der Waals surface area contributed by atoms with Crippen LogP contribution in [0.2, 0.25) is 0 Å². The molecule has 2 nitrogen and oxygen atoms in total. The molecule has 82 valence electrons. The first-order valence-corrected chi connectivity index (χ1v) is 7.30. The molecule has 0 amide bonds. The lowest BCUT2D eigenvalue weighted by Gasteiger charge is -2.21. The molecule has 0 radical (unpaired) electrons. The maximum atomic E-state index is 9.40. The van der Waals surface area contributed by atoms with Crippen LogP contribution in [0, 0.1) is 11.3 Å². The Labute approximate surface area is 103 Å². The number of H-pyrrole nitrogens is 1. The number of hydrogen-bond donors (Lipinski definition) is 1. The monoisotopic (exact) mass is 248 g/mol. The molecule has 0 fully saturated rings. The molecule has 1 heterocycles. The van der Waals surface area contributed by atoms with Crippen molar-refractivity contribution >= 4 is 34.4 Å². The Kier molecular flexibility index (Phi) is 3.17. The van der Waals surface area contributed by atoms with Crippen LogP contribution in [0.15, 0.2) is 30.5 Å². The fourth-order valence-electron chi connectivity index (χ4n) is 1.80. The topological polar surface area (TPSA) is 39.6 Å². The summed E-state index contributed by atoms with van der Waals surface area (Å²) >= 11 is 3.14. The largest absolute Gasteiger partial charge is 0.361 e. The number of benzene rings is 1. The Morgan fingerprint density at radius 3 is 2.56 bits per heavy atom. The summed E-state index contributed by atoms with van der Waals surface area (Å²) < 4.78 is -0.514. The Hall–Kier alpha value is -1.05. The molecule has 1 aromatic heterocycles. The van der Waals surface area contributed by atoms with Gasteiger partial charge in [-0.05, 0) is 18.6 Å². The first-order valence-electron chi connectivity index (χ1n) is 4.85. The summed E-state index contributed by atoms with van der Waals surface area (Å²) in [6.07, 6.45) is 5.89. The minimum absolute atomic E-state index is 0.514. The van der Waals surface area contributed by atoms with Crippen molar-refractivity contribution in [2.45, 2.75) is 4.08 Å². The molecule has 2 aromatic rings. The van der Waals surface area contributed by atoms with Gasteiger partial charge in [0.25, 0.3) is 0 Å². The number of rotatable bonds is 3. The number of fused-ring (bicyclic) bond motifs is 1. The highest BCUT2D eigenvalue weighted by atomic mass is 32.2. The van der Waals surface area contributed by atoms with Crippen LogP contribution < -0.4 is 0 Å². The van der Waals surface area contributed by atoms with Gasteiger partial charge in [0.1, 0.15) is 0 Å². The standard InChI is InChI=1S/C12H12N2S2/c1-15-12(8-13,16-2)10-7-14-11-6-4-3-5-9(10)11/h3-7,14H,1-2H3. The Morgan fingerprint density at radius 2 is 1.94 bits per heavy atom. The molecule has 0 saturated carbocycles. The van der Waals surface area contributed by atoms with E-state index in [9.17, 15) is 5.26 Å². The van der Waals surface area contributed by atoms with Crippen molar-refractivity contribution < 1.29 is 0 Å². The summed E-state index contributed by atoms with van der Waals surface area (Å²) in [6.45, 7) is 0. The first-order chi connectivity index (χ1) is 7.77. The number of para-hydroxylation sites is 1. The summed E-state index contributed by atoms with van der Waals surface area (Å²) in [5.74, 6) is 0. The van der Waals surface area contributed by atoms with Gasteiger partial charge in [0.2, 0.25) is 0 Å². The summed E-state index contributed by atoms with van der Waals surface area (Å²) in [5.41, 5.74) is 2.14. The van der Waals surface area contributed by atoms with Crippen LogP contribution in [-0.4, -0.2) is 17.5 Å². The van der Waals surface area contributed by atoms with E-state index in [4.69, 9.17) is 0 Å². The second-order valence-corrected chi connectivity index (χ2v) is 5.68. The number of aromatic nitrogens is 1. The van der Waals surface area contributed by atoms with Crippen LogP contribution >= 0.6 is 23.5 Å². The maximum absolute atomic E-state index is 9.40. The molecule has 0 saturated heterocycles. The highest BCUT2D eigenvalue weighted by molar-refractivity contribution is 8.17. The van der Waals surface area contributed by atoms with Gasteiger partial charge in [-0.3, -0.25) is 0 Å². The highest BCUT2D eigenvalue weighted by Crippen LogP contribution is 2.45. The minimum Gasteiger partial charge on any atom is -0.361 e. The second-order valence-electron chi connectivity index (χ2n) is 3.38. The van der Waals surface area contributed by atoms with Crippen molar-refractivity contribution in [1.82, 2.24) is 4.98 Å². The van der Waals surface area contributed by atoms with Crippen LogP contribution in [0.25, 0.3) is 10.9 Å². The Bertz CT molecular complexity index is 535. The lowest BCUT2D eigenvalue weighted by molar-refractivity contribution is 1.16. The molecule has 16 heavy (non-hydrogen) atoms. The van der Waals surface area contributed by atoms with Gasteiger partial charge < -0.3 is 4.98 Å². The Balaban J connectivity index is 2.67. The summed E-state index contributed by atoms with van der Waals surface area (Å²) in [6, 6.07) is 10.5. The lowest BCUT2D eigenvalue weighted by atomic mass is 10.1. The number of nitrogens with one attached hydrogen (secondary N) is 1. The molecular formula is C12H12N2S2. The van der Waals surface area contributed by atoms with Gasteiger partial charge in [-0.2, -0.15) is 5.26 Å². The van der Waals surface area contributed by atoms with Crippen LogP contribution in [-0.2, 0) is 4.08 Å². The Morgan fingerprint density at radius 1 is 1.25 bits per heavy atom. The van der Waals surface area contributed by atoms with Crippen LogP contribution in [0.5, 0.6) is 0 Å². The van der Waals surface area contributed by atoms with E-state index in [0.717, 1.165) is 16.5 Å². The predicted molar refractivity (Wildman–Crippen MR) is 72.6 cm³/mol. The number of thioether (sulfide) groups is 2. The molecule has 0 aliphatic carbocycles. The summed E-state index contributed by atoms with van der Waals surface area (Å²) in [5, 5.41) is 10.5. The van der Waals surface area contributed by atoms with E-state index in [1.807, 2.05) is 36.9 Å². The van der Waals surface area contributed by atoms with E-state index >= 15 is 0 Å². The SMILES string of the molecule is CSC(C#N)(SC)c1c[nH]c2ccccc12. The van der Waals surface area contributed by atoms with Gasteiger partial charge in [0.15, 0.2) is 4.08 Å². The number of nitrogens with zero attached hydrogens (tertiary/aromatic N) is 1. The van der Waals surface area contributed by atoms with Crippen molar-refractivity contribution in [3.05, 3.63) is 36.0 Å². The van der Waals surface area contributed by atoms with E-state index in [1.54, 1.807) is 23.5 Å². The van der Waals surface area contributed by atoms with Crippen LogP contribution in [0.4, 0.5) is 0 Å². The van der Waals surface area contributed by atoms with Crippen molar-refractivity contribution in [1.29, 1.82) is 5.26 Å². The van der Waals surface area contributed by atoms with Crippen molar-refractivity contribution in [3.63, 3.8) is 0 Å². The first kappa shape index (κ1) is 11.4. The van der Waals surface area contributed by atoms with E-state index in [2.05, 4.69) is 17.1 Å². The van der Waals surface area contributed by atoms with E-state index in [1.165, 1.54) is 0 Å². The number of hydrogen-bond acceptors (Lipinski definition) is 3. The van der Waals surface area contributed by atoms with Crippen molar-refractivity contribution in [2.24, 2.45) is 0 Å². The molecule has 1 N–H and O–H groups in total. The zero-order chi connectivity index (χ0) is 11.6. The van der Waals surface area contributed by atoms with Gasteiger partial charge in [0.05, 0.1) is 6.07 Å². The minimum atomic E-state index is -0.514. The van der Waals surface area contributed by atoms with Gasteiger partial charge in [-0.15, -0.1) is 23.5 Å². The van der Waals surface area contributed by atoms with E-state index < -0.39 is 4.08 Å².